The van der Waals surface area contributed by atoms with E-state index in [2.05, 4.69) is 19.8 Å². The second-order valence-electron chi connectivity index (χ2n) is 8.50. The maximum Gasteiger partial charge on any atom is 0.416 e. The van der Waals surface area contributed by atoms with Gasteiger partial charge in [0.1, 0.15) is 0 Å². The van der Waals surface area contributed by atoms with Crippen molar-refractivity contribution >= 4 is 10.0 Å². The zero-order valence-corrected chi connectivity index (χ0v) is 19.4. The molecule has 7 nitrogen and oxygen atoms in total. The summed E-state index contributed by atoms with van der Waals surface area (Å²) < 4.78 is 72.0. The second-order valence-corrected chi connectivity index (χ2v) is 10.3. The minimum Gasteiger partial charge on any atom is -0.338 e. The van der Waals surface area contributed by atoms with Crippen LogP contribution in [0.1, 0.15) is 29.9 Å². The highest BCUT2D eigenvalue weighted by molar-refractivity contribution is 7.89. The molecule has 1 aliphatic rings. The van der Waals surface area contributed by atoms with Crippen LogP contribution in [0.15, 0.2) is 57.9 Å². The van der Waals surface area contributed by atoms with Gasteiger partial charge in [-0.1, -0.05) is 35.0 Å². The lowest BCUT2D eigenvalue weighted by molar-refractivity contribution is -0.137. The van der Waals surface area contributed by atoms with Crippen molar-refractivity contribution < 1.29 is 26.1 Å². The second kappa shape index (κ2) is 9.85. The molecule has 11 heteroatoms. The van der Waals surface area contributed by atoms with Crippen LogP contribution in [0.3, 0.4) is 0 Å². The number of nitrogens with one attached hydrogen (secondary N) is 1. The van der Waals surface area contributed by atoms with Crippen molar-refractivity contribution in [3.05, 3.63) is 65.5 Å². The van der Waals surface area contributed by atoms with Gasteiger partial charge in [-0.05, 0) is 56.5 Å². The minimum absolute atomic E-state index is 0.0977. The van der Waals surface area contributed by atoms with Crippen LogP contribution in [0.25, 0.3) is 11.4 Å². The normalized spacial score (nSPS) is 17.7. The van der Waals surface area contributed by atoms with E-state index in [4.69, 9.17) is 4.52 Å². The van der Waals surface area contributed by atoms with Crippen LogP contribution < -0.4 is 4.72 Å². The quantitative estimate of drug-likeness (QED) is 0.528. The van der Waals surface area contributed by atoms with Gasteiger partial charge in [0, 0.05) is 18.7 Å². The minimum atomic E-state index is -4.45. The molecule has 1 aromatic heterocycles. The van der Waals surface area contributed by atoms with E-state index in [0.29, 0.717) is 25.5 Å². The average Bonchev–Trinajstić information content (AvgIpc) is 3.26. The molecule has 34 heavy (non-hydrogen) atoms. The van der Waals surface area contributed by atoms with Gasteiger partial charge in [-0.15, -0.1) is 0 Å². The third kappa shape index (κ3) is 6.02. The molecule has 0 saturated carbocycles. The van der Waals surface area contributed by atoms with E-state index in [1.165, 1.54) is 12.1 Å². The van der Waals surface area contributed by atoms with Gasteiger partial charge >= 0.3 is 6.18 Å². The zero-order valence-electron chi connectivity index (χ0n) is 18.5. The summed E-state index contributed by atoms with van der Waals surface area (Å²) >= 11 is 0. The molecule has 2 aromatic carbocycles. The largest absolute Gasteiger partial charge is 0.416 e. The number of likely N-dealkylation sites (tertiary alicyclic amines) is 1. The lowest BCUT2D eigenvalue weighted by Crippen LogP contribution is -2.40. The number of sulfonamides is 1. The summed E-state index contributed by atoms with van der Waals surface area (Å²) in [5.41, 5.74) is 0.439. The Hall–Kier alpha value is -2.76. The number of rotatable bonds is 7. The van der Waals surface area contributed by atoms with Crippen LogP contribution >= 0.6 is 0 Å². The number of nitrogens with zero attached hydrogens (tertiary/aromatic N) is 3. The predicted octanol–water partition coefficient (Wildman–Crippen LogP) is 4.25. The maximum absolute atomic E-state index is 13.0. The monoisotopic (exact) mass is 494 g/mol. The zero-order chi connectivity index (χ0) is 24.3. The molecule has 1 saturated heterocycles. The van der Waals surface area contributed by atoms with Gasteiger partial charge in [-0.2, -0.15) is 18.2 Å². The fourth-order valence-electron chi connectivity index (χ4n) is 3.95. The van der Waals surface area contributed by atoms with Gasteiger partial charge < -0.3 is 4.52 Å². The van der Waals surface area contributed by atoms with E-state index >= 15 is 0 Å². The molecule has 0 bridgehead atoms. The van der Waals surface area contributed by atoms with Crippen LogP contribution in [0.5, 0.6) is 0 Å². The van der Waals surface area contributed by atoms with E-state index in [1.54, 1.807) is 24.3 Å². The average molecular weight is 495 g/mol. The van der Waals surface area contributed by atoms with Crippen LogP contribution in [0.2, 0.25) is 0 Å². The molecule has 0 aliphatic carbocycles. The van der Waals surface area contributed by atoms with Crippen LogP contribution in [0, 0.1) is 12.8 Å². The van der Waals surface area contributed by atoms with Crippen LogP contribution in [0.4, 0.5) is 13.2 Å². The standard InChI is InChI=1S/C23H25F3N4O3S/c1-16-7-9-20(10-8-16)34(31,32)27-13-17-4-3-11-30(14-17)15-21-28-22(29-33-21)18-5-2-6-19(12-18)23(24,25)26/h2,5-10,12,17,27H,3-4,11,13-15H2,1H3. The van der Waals surface area contributed by atoms with Crippen LogP contribution in [-0.2, 0) is 22.7 Å². The lowest BCUT2D eigenvalue weighted by Gasteiger charge is -2.31. The van der Waals surface area contributed by atoms with E-state index in [0.717, 1.165) is 37.1 Å². The summed E-state index contributed by atoms with van der Waals surface area (Å²) in [6.45, 7) is 3.96. The van der Waals surface area contributed by atoms with Gasteiger partial charge in [-0.25, -0.2) is 13.1 Å². The summed E-state index contributed by atoms with van der Waals surface area (Å²) in [5, 5.41) is 3.83. The molecule has 0 spiro atoms. The molecule has 3 aromatic rings. The Morgan fingerprint density at radius 1 is 1.18 bits per heavy atom. The molecule has 1 N–H and O–H groups in total. The van der Waals surface area contributed by atoms with Gasteiger partial charge in [0.2, 0.25) is 21.7 Å². The first-order chi connectivity index (χ1) is 16.1. The third-order valence-electron chi connectivity index (χ3n) is 5.77. The Kier molecular flexibility index (Phi) is 7.06. The maximum atomic E-state index is 13.0. The Morgan fingerprint density at radius 3 is 2.68 bits per heavy atom. The van der Waals surface area contributed by atoms with Crippen molar-refractivity contribution in [1.82, 2.24) is 19.8 Å². The van der Waals surface area contributed by atoms with Crippen molar-refractivity contribution in [2.24, 2.45) is 5.92 Å². The third-order valence-corrected chi connectivity index (χ3v) is 7.21. The number of benzene rings is 2. The van der Waals surface area contributed by atoms with Gasteiger partial charge in [0.15, 0.2) is 0 Å². The Morgan fingerprint density at radius 2 is 1.94 bits per heavy atom. The summed E-state index contributed by atoms with van der Waals surface area (Å²) in [4.78, 5) is 6.57. The van der Waals surface area contributed by atoms with E-state index in [-0.39, 0.29) is 22.2 Å². The predicted molar refractivity (Wildman–Crippen MR) is 119 cm³/mol. The first kappa shape index (κ1) is 24.4. The van der Waals surface area contributed by atoms with Crippen molar-refractivity contribution in [2.45, 2.75) is 37.4 Å². The van der Waals surface area contributed by atoms with Crippen molar-refractivity contribution in [1.29, 1.82) is 0 Å². The molecular weight excluding hydrogens is 469 g/mol. The van der Waals surface area contributed by atoms with E-state index < -0.39 is 21.8 Å². The fourth-order valence-corrected chi connectivity index (χ4v) is 5.07. The van der Waals surface area contributed by atoms with E-state index in [9.17, 15) is 21.6 Å². The number of hydrogen-bond acceptors (Lipinski definition) is 6. The smallest absolute Gasteiger partial charge is 0.338 e. The number of alkyl halides is 3. The van der Waals surface area contributed by atoms with Gasteiger partial charge in [0.25, 0.3) is 0 Å². The van der Waals surface area contributed by atoms with Crippen molar-refractivity contribution in [3.63, 3.8) is 0 Å². The number of halogens is 3. The Balaban J connectivity index is 1.35. The highest BCUT2D eigenvalue weighted by atomic mass is 32.2. The highest BCUT2D eigenvalue weighted by Crippen LogP contribution is 2.31. The van der Waals surface area contributed by atoms with Gasteiger partial charge in [-0.3, -0.25) is 4.90 Å². The van der Waals surface area contributed by atoms with Crippen LogP contribution in [-0.4, -0.2) is 43.1 Å². The lowest BCUT2D eigenvalue weighted by atomic mass is 9.98. The van der Waals surface area contributed by atoms with E-state index in [1.807, 2.05) is 6.92 Å². The number of piperidine rings is 1. The number of aryl methyl sites for hydroxylation is 1. The molecule has 1 aliphatic heterocycles. The number of hydrogen-bond donors (Lipinski definition) is 1. The molecule has 4 rings (SSSR count). The summed E-state index contributed by atoms with van der Waals surface area (Å²) in [6.07, 6.45) is -2.69. The van der Waals surface area contributed by atoms with Crippen molar-refractivity contribution in [3.8, 4) is 11.4 Å². The molecule has 182 valence electrons. The molecule has 1 atom stereocenters. The molecule has 0 radical (unpaired) electrons. The molecular formula is C23H25F3N4O3S. The van der Waals surface area contributed by atoms with Crippen molar-refractivity contribution in [2.75, 3.05) is 19.6 Å². The Labute approximate surface area is 196 Å². The first-order valence-electron chi connectivity index (χ1n) is 10.9. The number of aromatic nitrogens is 2. The SMILES string of the molecule is Cc1ccc(S(=O)(=O)NCC2CCCN(Cc3nc(-c4cccc(C(F)(F)F)c4)no3)C2)cc1. The molecule has 1 unspecified atom stereocenters. The summed E-state index contributed by atoms with van der Waals surface area (Å²) in [5.74, 6) is 0.508. The summed E-state index contributed by atoms with van der Waals surface area (Å²) in [7, 11) is -3.58. The molecule has 2 heterocycles. The first-order valence-corrected chi connectivity index (χ1v) is 12.4. The molecule has 1 fully saturated rings. The topological polar surface area (TPSA) is 88.3 Å². The Bertz CT molecular complexity index is 1230. The molecule has 0 amide bonds. The fraction of sp³-hybridized carbons (Fsp3) is 0.391. The van der Waals surface area contributed by atoms with Gasteiger partial charge in [0.05, 0.1) is 17.0 Å². The summed E-state index contributed by atoms with van der Waals surface area (Å²) in [6, 6.07) is 11.5. The highest BCUT2D eigenvalue weighted by Gasteiger charge is 2.31.